The Morgan fingerprint density at radius 2 is 2.00 bits per heavy atom. The Balaban J connectivity index is 4.05. The first-order valence-corrected chi connectivity index (χ1v) is 4.83. The van der Waals surface area contributed by atoms with Gasteiger partial charge >= 0.3 is 5.88 Å². The summed E-state index contributed by atoms with van der Waals surface area (Å²) in [6.45, 7) is 9.99. The van der Waals surface area contributed by atoms with E-state index in [0.29, 0.717) is 0 Å². The standard InChI is InChI=1S/C6H11NO2S/c1-6(2)4-10(8,9)5-7-3/h6H,4-5H2,1-2H3. The smallest absolute Gasteiger partial charge is 0.300 e. The van der Waals surface area contributed by atoms with Gasteiger partial charge in [-0.05, 0) is 5.92 Å². The molecule has 0 aromatic rings. The fourth-order valence-electron chi connectivity index (χ4n) is 0.659. The molecule has 0 atom stereocenters. The Bertz CT molecular complexity index is 223. The third-order valence-corrected chi connectivity index (χ3v) is 2.55. The molecule has 10 heavy (non-hydrogen) atoms. The molecule has 0 unspecified atom stereocenters. The van der Waals surface area contributed by atoms with Crippen LogP contribution in [0.25, 0.3) is 4.85 Å². The molecule has 0 fully saturated rings. The van der Waals surface area contributed by atoms with Gasteiger partial charge < -0.3 is 0 Å². The van der Waals surface area contributed by atoms with Gasteiger partial charge in [-0.25, -0.2) is 15.0 Å². The van der Waals surface area contributed by atoms with Gasteiger partial charge in [0.05, 0.1) is 5.75 Å². The molecule has 0 bridgehead atoms. The number of sulfone groups is 1. The zero-order chi connectivity index (χ0) is 8.20. The van der Waals surface area contributed by atoms with E-state index in [1.807, 2.05) is 13.8 Å². The first kappa shape index (κ1) is 9.44. The van der Waals surface area contributed by atoms with E-state index in [-0.39, 0.29) is 17.5 Å². The average molecular weight is 161 g/mol. The molecule has 3 nitrogen and oxygen atoms in total. The van der Waals surface area contributed by atoms with E-state index in [0.717, 1.165) is 0 Å². The van der Waals surface area contributed by atoms with E-state index < -0.39 is 9.84 Å². The number of nitrogens with zero attached hydrogens (tertiary/aromatic N) is 1. The second kappa shape index (κ2) is 3.57. The quantitative estimate of drug-likeness (QED) is 0.578. The second-order valence-electron chi connectivity index (χ2n) is 2.59. The van der Waals surface area contributed by atoms with Crippen molar-refractivity contribution in [2.75, 3.05) is 11.6 Å². The topological polar surface area (TPSA) is 38.5 Å². The van der Waals surface area contributed by atoms with Crippen LogP contribution in [0.15, 0.2) is 0 Å². The Morgan fingerprint density at radius 3 is 2.30 bits per heavy atom. The Labute approximate surface area is 61.8 Å². The van der Waals surface area contributed by atoms with Crippen LogP contribution in [0.3, 0.4) is 0 Å². The molecule has 0 aromatic heterocycles. The van der Waals surface area contributed by atoms with Crippen molar-refractivity contribution < 1.29 is 8.42 Å². The van der Waals surface area contributed by atoms with Crippen LogP contribution in [-0.4, -0.2) is 20.0 Å². The van der Waals surface area contributed by atoms with Gasteiger partial charge in [-0.15, -0.1) is 0 Å². The van der Waals surface area contributed by atoms with Crippen LogP contribution < -0.4 is 0 Å². The largest absolute Gasteiger partial charge is 0.312 e. The van der Waals surface area contributed by atoms with Crippen molar-refractivity contribution in [1.82, 2.24) is 0 Å². The SMILES string of the molecule is [C-]#[N+]CS(=O)(=O)CC(C)C. The molecular formula is C6H11NO2S. The monoisotopic (exact) mass is 161 g/mol. The molecule has 0 N–H and O–H groups in total. The van der Waals surface area contributed by atoms with Gasteiger partial charge in [-0.1, -0.05) is 13.8 Å². The summed E-state index contributed by atoms with van der Waals surface area (Å²) in [7, 11) is -3.09. The predicted molar refractivity (Wildman–Crippen MR) is 40.1 cm³/mol. The summed E-state index contributed by atoms with van der Waals surface area (Å²) >= 11 is 0. The highest BCUT2D eigenvalue weighted by atomic mass is 32.2. The third-order valence-electron chi connectivity index (χ3n) is 0.849. The van der Waals surface area contributed by atoms with Crippen molar-refractivity contribution in [3.8, 4) is 0 Å². The maximum Gasteiger partial charge on any atom is 0.312 e. The zero-order valence-corrected chi connectivity index (χ0v) is 6.98. The van der Waals surface area contributed by atoms with E-state index in [1.54, 1.807) is 0 Å². The van der Waals surface area contributed by atoms with E-state index in [1.165, 1.54) is 0 Å². The molecule has 0 aliphatic rings. The molecule has 0 rings (SSSR count). The summed E-state index contributed by atoms with van der Waals surface area (Å²) in [5.41, 5.74) is 0. The summed E-state index contributed by atoms with van der Waals surface area (Å²) in [5.74, 6) is -0.132. The van der Waals surface area contributed by atoms with Crippen LogP contribution in [0.1, 0.15) is 13.8 Å². The van der Waals surface area contributed by atoms with Crippen molar-refractivity contribution >= 4 is 9.84 Å². The van der Waals surface area contributed by atoms with Crippen LogP contribution in [0.5, 0.6) is 0 Å². The normalized spacial score (nSPS) is 11.4. The molecule has 58 valence electrons. The maximum absolute atomic E-state index is 10.8. The molecule has 0 heterocycles. The van der Waals surface area contributed by atoms with Gasteiger partial charge in [0.2, 0.25) is 9.84 Å². The van der Waals surface area contributed by atoms with Crippen LogP contribution in [0.4, 0.5) is 0 Å². The number of hydrogen-bond donors (Lipinski definition) is 0. The van der Waals surface area contributed by atoms with Crippen molar-refractivity contribution in [2.24, 2.45) is 5.92 Å². The highest BCUT2D eigenvalue weighted by Gasteiger charge is 2.14. The van der Waals surface area contributed by atoms with Gasteiger partial charge in [0, 0.05) is 0 Å². The van der Waals surface area contributed by atoms with Gasteiger partial charge in [-0.2, -0.15) is 0 Å². The fourth-order valence-corrected chi connectivity index (χ4v) is 1.98. The Hall–Kier alpha value is -0.560. The molecule has 0 aliphatic heterocycles. The Kier molecular flexibility index (Phi) is 3.37. The summed E-state index contributed by atoms with van der Waals surface area (Å²) in [6, 6.07) is 0. The van der Waals surface area contributed by atoms with E-state index >= 15 is 0 Å². The first-order valence-electron chi connectivity index (χ1n) is 3.01. The lowest BCUT2D eigenvalue weighted by Gasteiger charge is -1.99. The van der Waals surface area contributed by atoms with E-state index in [2.05, 4.69) is 4.85 Å². The molecule has 0 radical (unpaired) electrons. The van der Waals surface area contributed by atoms with E-state index in [4.69, 9.17) is 6.57 Å². The van der Waals surface area contributed by atoms with Crippen LogP contribution >= 0.6 is 0 Å². The number of hydrogen-bond acceptors (Lipinski definition) is 2. The zero-order valence-electron chi connectivity index (χ0n) is 6.16. The number of rotatable bonds is 3. The van der Waals surface area contributed by atoms with Gasteiger partial charge in [0.25, 0.3) is 0 Å². The highest BCUT2D eigenvalue weighted by Crippen LogP contribution is 2.00. The average Bonchev–Trinajstić information content (AvgIpc) is 1.59. The summed E-state index contributed by atoms with van der Waals surface area (Å²) in [6.07, 6.45) is 0. The first-order chi connectivity index (χ1) is 4.48. The summed E-state index contributed by atoms with van der Waals surface area (Å²) < 4.78 is 21.7. The molecule has 4 heteroatoms. The molecule has 0 amide bonds. The highest BCUT2D eigenvalue weighted by molar-refractivity contribution is 7.91. The minimum atomic E-state index is -3.09. The van der Waals surface area contributed by atoms with Crippen LogP contribution in [-0.2, 0) is 9.84 Å². The fraction of sp³-hybridized carbons (Fsp3) is 0.833. The summed E-state index contributed by atoms with van der Waals surface area (Å²) in [5, 5.41) is 0. The van der Waals surface area contributed by atoms with Crippen molar-refractivity contribution in [3.05, 3.63) is 11.4 Å². The summed E-state index contributed by atoms with van der Waals surface area (Å²) in [4.78, 5) is 2.82. The van der Waals surface area contributed by atoms with Gasteiger partial charge in [-0.3, -0.25) is 4.85 Å². The molecular weight excluding hydrogens is 150 g/mol. The molecule has 0 aromatic carbocycles. The molecule has 0 spiro atoms. The van der Waals surface area contributed by atoms with Crippen molar-refractivity contribution in [1.29, 1.82) is 0 Å². The molecule has 0 saturated heterocycles. The minimum absolute atomic E-state index is 0.117. The van der Waals surface area contributed by atoms with Gasteiger partial charge in [0.15, 0.2) is 0 Å². The lowest BCUT2D eigenvalue weighted by molar-refractivity contribution is 0.585. The predicted octanol–water partition coefficient (Wildman–Crippen LogP) is 0.934. The molecule has 0 aliphatic carbocycles. The maximum atomic E-state index is 10.8. The third kappa shape index (κ3) is 4.33. The van der Waals surface area contributed by atoms with Crippen molar-refractivity contribution in [2.45, 2.75) is 13.8 Å². The lowest BCUT2D eigenvalue weighted by Crippen LogP contribution is -2.13. The van der Waals surface area contributed by atoms with Crippen LogP contribution in [0.2, 0.25) is 0 Å². The molecule has 0 saturated carbocycles. The van der Waals surface area contributed by atoms with Crippen LogP contribution in [0, 0.1) is 12.5 Å². The Morgan fingerprint density at radius 1 is 1.50 bits per heavy atom. The second-order valence-corrected chi connectivity index (χ2v) is 4.67. The van der Waals surface area contributed by atoms with Gasteiger partial charge in [0.1, 0.15) is 0 Å². The van der Waals surface area contributed by atoms with Crippen molar-refractivity contribution in [3.63, 3.8) is 0 Å². The lowest BCUT2D eigenvalue weighted by atomic mass is 10.3. The van der Waals surface area contributed by atoms with E-state index in [9.17, 15) is 8.42 Å². The minimum Gasteiger partial charge on any atom is -0.300 e.